The molecule has 88 valence electrons. The minimum absolute atomic E-state index is 0.153. The van der Waals surface area contributed by atoms with E-state index < -0.39 is 0 Å². The summed E-state index contributed by atoms with van der Waals surface area (Å²) in [5.41, 5.74) is 0. The van der Waals surface area contributed by atoms with E-state index in [0.29, 0.717) is 12.8 Å². The first-order chi connectivity index (χ1) is 7.22. The van der Waals surface area contributed by atoms with Gasteiger partial charge in [-0.2, -0.15) is 0 Å². The second-order valence-corrected chi connectivity index (χ2v) is 4.11. The number of carbonyl (C=O) groups is 2. The molecule has 0 saturated carbocycles. The first-order valence-electron chi connectivity index (χ1n) is 6.28. The van der Waals surface area contributed by atoms with Gasteiger partial charge in [0, 0.05) is 12.8 Å². The third-order valence-corrected chi connectivity index (χ3v) is 2.58. The molecule has 0 rings (SSSR count). The van der Waals surface area contributed by atoms with Crippen molar-refractivity contribution in [3.8, 4) is 0 Å². The number of hydrogen-bond acceptors (Lipinski definition) is 2. The molecule has 0 amide bonds. The predicted molar refractivity (Wildman–Crippen MR) is 62.9 cm³/mol. The minimum atomic E-state index is -0.160. The highest BCUT2D eigenvalue weighted by atomic mass is 16.2. The lowest BCUT2D eigenvalue weighted by atomic mass is 10.0. The number of rotatable bonds is 10. The van der Waals surface area contributed by atoms with Gasteiger partial charge in [-0.05, 0) is 12.8 Å². The van der Waals surface area contributed by atoms with Crippen molar-refractivity contribution < 1.29 is 9.59 Å². The lowest BCUT2D eigenvalue weighted by Crippen LogP contribution is -2.13. The van der Waals surface area contributed by atoms with E-state index in [4.69, 9.17) is 0 Å². The van der Waals surface area contributed by atoms with E-state index in [9.17, 15) is 9.59 Å². The minimum Gasteiger partial charge on any atom is -0.291 e. The molecule has 0 radical (unpaired) electrons. The lowest BCUT2D eigenvalue weighted by molar-refractivity contribution is -0.136. The zero-order valence-corrected chi connectivity index (χ0v) is 10.2. The van der Waals surface area contributed by atoms with Crippen LogP contribution >= 0.6 is 0 Å². The van der Waals surface area contributed by atoms with Crippen molar-refractivity contribution in [2.45, 2.75) is 71.6 Å². The highest BCUT2D eigenvalue weighted by Crippen LogP contribution is 2.07. The van der Waals surface area contributed by atoms with Crippen LogP contribution in [-0.2, 0) is 9.59 Å². The van der Waals surface area contributed by atoms with Crippen LogP contribution in [0.15, 0.2) is 0 Å². The van der Waals surface area contributed by atoms with Crippen molar-refractivity contribution >= 4 is 11.6 Å². The van der Waals surface area contributed by atoms with Crippen LogP contribution in [0.2, 0.25) is 0 Å². The van der Waals surface area contributed by atoms with Crippen molar-refractivity contribution in [1.29, 1.82) is 0 Å². The van der Waals surface area contributed by atoms with E-state index in [-0.39, 0.29) is 11.6 Å². The van der Waals surface area contributed by atoms with Crippen LogP contribution in [0, 0.1) is 0 Å². The standard InChI is InChI=1S/C13H24O2/c1-3-5-7-8-9-11-13(15)12(14)10-6-4-2/h3-11H2,1-2H3. The van der Waals surface area contributed by atoms with Gasteiger partial charge in [-0.15, -0.1) is 0 Å². The molecule has 0 unspecified atom stereocenters. The van der Waals surface area contributed by atoms with Crippen molar-refractivity contribution in [2.24, 2.45) is 0 Å². The maximum absolute atomic E-state index is 11.3. The molecule has 15 heavy (non-hydrogen) atoms. The average Bonchev–Trinajstić information content (AvgIpc) is 2.25. The van der Waals surface area contributed by atoms with E-state index in [2.05, 4.69) is 6.92 Å². The number of unbranched alkanes of at least 4 members (excludes halogenated alkanes) is 5. The van der Waals surface area contributed by atoms with Gasteiger partial charge >= 0.3 is 0 Å². The number of hydrogen-bond donors (Lipinski definition) is 0. The van der Waals surface area contributed by atoms with Gasteiger partial charge in [-0.1, -0.05) is 46.0 Å². The van der Waals surface area contributed by atoms with Crippen LogP contribution in [0.25, 0.3) is 0 Å². The van der Waals surface area contributed by atoms with Gasteiger partial charge in [0.25, 0.3) is 0 Å². The molecule has 0 N–H and O–H groups in total. The molecular weight excluding hydrogens is 188 g/mol. The summed E-state index contributed by atoms with van der Waals surface area (Å²) in [7, 11) is 0. The summed E-state index contributed by atoms with van der Waals surface area (Å²) in [5, 5.41) is 0. The van der Waals surface area contributed by atoms with Gasteiger partial charge < -0.3 is 0 Å². The number of Topliss-reactive ketones (excluding diaryl/α,β-unsaturated/α-hetero) is 2. The Morgan fingerprint density at radius 3 is 1.67 bits per heavy atom. The van der Waals surface area contributed by atoms with Gasteiger partial charge in [0.2, 0.25) is 0 Å². The summed E-state index contributed by atoms with van der Waals surface area (Å²) < 4.78 is 0. The SMILES string of the molecule is CCCCCCCC(=O)C(=O)CCCC. The Bertz CT molecular complexity index is 185. The molecule has 0 aromatic heterocycles. The molecule has 0 aliphatic carbocycles. The van der Waals surface area contributed by atoms with Gasteiger partial charge in [-0.25, -0.2) is 0 Å². The summed E-state index contributed by atoms with van der Waals surface area (Å²) in [6.45, 7) is 4.20. The van der Waals surface area contributed by atoms with E-state index in [1.54, 1.807) is 0 Å². The zero-order valence-electron chi connectivity index (χ0n) is 10.2. The molecule has 0 fully saturated rings. The summed E-state index contributed by atoms with van der Waals surface area (Å²) in [6.07, 6.45) is 8.35. The Labute approximate surface area is 93.4 Å². The largest absolute Gasteiger partial charge is 0.291 e. The second-order valence-electron chi connectivity index (χ2n) is 4.11. The zero-order chi connectivity index (χ0) is 11.5. The van der Waals surface area contributed by atoms with Crippen LogP contribution in [0.3, 0.4) is 0 Å². The van der Waals surface area contributed by atoms with Crippen molar-refractivity contribution in [3.05, 3.63) is 0 Å². The van der Waals surface area contributed by atoms with E-state index in [1.807, 2.05) is 6.92 Å². The third kappa shape index (κ3) is 8.34. The smallest absolute Gasteiger partial charge is 0.198 e. The molecule has 0 aliphatic heterocycles. The summed E-state index contributed by atoms with van der Waals surface area (Å²) >= 11 is 0. The highest BCUT2D eigenvalue weighted by molar-refractivity contribution is 6.37. The molecular formula is C13H24O2. The maximum atomic E-state index is 11.3. The average molecular weight is 212 g/mol. The molecule has 0 aromatic rings. The molecule has 0 aliphatic rings. The highest BCUT2D eigenvalue weighted by Gasteiger charge is 2.11. The Kier molecular flexibility index (Phi) is 9.44. The van der Waals surface area contributed by atoms with E-state index in [1.165, 1.54) is 19.3 Å². The molecule has 2 nitrogen and oxygen atoms in total. The Morgan fingerprint density at radius 1 is 0.667 bits per heavy atom. The number of ketones is 2. The maximum Gasteiger partial charge on any atom is 0.198 e. The van der Waals surface area contributed by atoms with Crippen molar-refractivity contribution in [2.75, 3.05) is 0 Å². The molecule has 0 atom stereocenters. The fourth-order valence-electron chi connectivity index (χ4n) is 1.51. The van der Waals surface area contributed by atoms with Gasteiger partial charge in [0.15, 0.2) is 11.6 Å². The van der Waals surface area contributed by atoms with Gasteiger partial charge in [-0.3, -0.25) is 9.59 Å². The summed E-state index contributed by atoms with van der Waals surface area (Å²) in [5.74, 6) is -0.313. The summed E-state index contributed by atoms with van der Waals surface area (Å²) in [4.78, 5) is 22.6. The first-order valence-corrected chi connectivity index (χ1v) is 6.28. The molecule has 0 spiro atoms. The second kappa shape index (κ2) is 9.88. The predicted octanol–water partition coefficient (Wildman–Crippen LogP) is 3.68. The molecule has 0 saturated heterocycles. The summed E-state index contributed by atoms with van der Waals surface area (Å²) in [6, 6.07) is 0. The van der Waals surface area contributed by atoms with Gasteiger partial charge in [0.05, 0.1) is 0 Å². The Morgan fingerprint density at radius 2 is 1.13 bits per heavy atom. The normalized spacial score (nSPS) is 10.3. The third-order valence-electron chi connectivity index (χ3n) is 2.58. The van der Waals surface area contributed by atoms with Gasteiger partial charge in [0.1, 0.15) is 0 Å². The monoisotopic (exact) mass is 212 g/mol. The van der Waals surface area contributed by atoms with Crippen LogP contribution in [0.1, 0.15) is 71.6 Å². The van der Waals surface area contributed by atoms with Crippen LogP contribution in [0.5, 0.6) is 0 Å². The quantitative estimate of drug-likeness (QED) is 0.409. The van der Waals surface area contributed by atoms with Crippen molar-refractivity contribution in [3.63, 3.8) is 0 Å². The number of carbonyl (C=O) groups excluding carboxylic acids is 2. The van der Waals surface area contributed by atoms with Crippen molar-refractivity contribution in [1.82, 2.24) is 0 Å². The Balaban J connectivity index is 3.43. The van der Waals surface area contributed by atoms with Crippen LogP contribution < -0.4 is 0 Å². The fraction of sp³-hybridized carbons (Fsp3) is 0.846. The van der Waals surface area contributed by atoms with E-state index in [0.717, 1.165) is 25.7 Å². The molecule has 2 heteroatoms. The van der Waals surface area contributed by atoms with Crippen LogP contribution in [0.4, 0.5) is 0 Å². The molecule has 0 bridgehead atoms. The topological polar surface area (TPSA) is 34.1 Å². The molecule has 0 aromatic carbocycles. The van der Waals surface area contributed by atoms with E-state index >= 15 is 0 Å². The Hall–Kier alpha value is -0.660. The molecule has 0 heterocycles. The lowest BCUT2D eigenvalue weighted by Gasteiger charge is -2.00. The fourth-order valence-corrected chi connectivity index (χ4v) is 1.51. The first kappa shape index (κ1) is 14.3. The van der Waals surface area contributed by atoms with Crippen LogP contribution in [-0.4, -0.2) is 11.6 Å².